The van der Waals surface area contributed by atoms with E-state index >= 15 is 0 Å². The molecule has 0 atom stereocenters. The first-order chi connectivity index (χ1) is 12.5. The van der Waals surface area contributed by atoms with Gasteiger partial charge in [-0.2, -0.15) is 0 Å². The summed E-state index contributed by atoms with van der Waals surface area (Å²) in [5, 5.41) is 9.53. The van der Waals surface area contributed by atoms with Crippen LogP contribution >= 0.6 is 22.6 Å². The zero-order valence-corrected chi connectivity index (χ0v) is 16.2. The van der Waals surface area contributed by atoms with Gasteiger partial charge in [0.15, 0.2) is 0 Å². The largest absolute Gasteiger partial charge is 0.497 e. The van der Waals surface area contributed by atoms with E-state index in [1.165, 1.54) is 0 Å². The molecule has 1 N–H and O–H groups in total. The van der Waals surface area contributed by atoms with Crippen LogP contribution < -0.4 is 4.74 Å². The maximum absolute atomic E-state index is 12.4. The Morgan fingerprint density at radius 1 is 1.50 bits per heavy atom. The van der Waals surface area contributed by atoms with Crippen molar-refractivity contribution >= 4 is 45.4 Å². The second-order valence-electron chi connectivity index (χ2n) is 5.70. The number of aliphatic carboxylic acids is 1. The molecule has 0 bridgehead atoms. The SMILES string of the molecule is COc1ccc2c(c1)c(I)c1n2C/C(=C\C#CCCCC(=O)O)OC1=O. The maximum Gasteiger partial charge on any atom is 0.361 e. The van der Waals surface area contributed by atoms with E-state index < -0.39 is 11.9 Å². The number of rotatable bonds is 4. The number of carbonyl (C=O) groups is 2. The molecule has 1 aliphatic heterocycles. The van der Waals surface area contributed by atoms with Crippen molar-refractivity contribution in [3.05, 3.63) is 39.3 Å². The lowest BCUT2D eigenvalue weighted by Crippen LogP contribution is -2.21. The third-order valence-electron chi connectivity index (χ3n) is 3.97. The summed E-state index contributed by atoms with van der Waals surface area (Å²) in [6.07, 6.45) is 2.65. The fraction of sp³-hybridized carbons (Fsp3) is 0.263. The number of allylic oxidation sites excluding steroid dienone is 2. The molecule has 7 heteroatoms. The maximum atomic E-state index is 12.4. The van der Waals surface area contributed by atoms with Crippen molar-refractivity contribution in [3.63, 3.8) is 0 Å². The summed E-state index contributed by atoms with van der Waals surface area (Å²) in [6.45, 7) is 0.413. The highest BCUT2D eigenvalue weighted by Gasteiger charge is 2.28. The quantitative estimate of drug-likeness (QED) is 0.324. The Kier molecular flexibility index (Phi) is 5.52. The van der Waals surface area contributed by atoms with Crippen molar-refractivity contribution < 1.29 is 24.2 Å². The molecule has 2 aromatic rings. The average Bonchev–Trinajstić information content (AvgIpc) is 2.90. The number of cyclic esters (lactones) is 1. The molecule has 0 unspecified atom stereocenters. The molecule has 3 rings (SSSR count). The molecule has 6 nitrogen and oxygen atoms in total. The number of fused-ring (bicyclic) bond motifs is 3. The predicted octanol–water partition coefficient (Wildman–Crippen LogP) is 3.57. The normalized spacial score (nSPS) is 14.5. The molecular weight excluding hydrogens is 449 g/mol. The summed E-state index contributed by atoms with van der Waals surface area (Å²) < 4.78 is 13.4. The lowest BCUT2D eigenvalue weighted by atomic mass is 10.2. The molecule has 0 spiro atoms. The summed E-state index contributed by atoms with van der Waals surface area (Å²) in [7, 11) is 1.61. The molecule has 26 heavy (non-hydrogen) atoms. The minimum Gasteiger partial charge on any atom is -0.497 e. The number of carbonyl (C=O) groups excluding carboxylic acids is 1. The first-order valence-electron chi connectivity index (χ1n) is 7.98. The third-order valence-corrected chi connectivity index (χ3v) is 5.06. The minimum absolute atomic E-state index is 0.0981. The fourth-order valence-electron chi connectivity index (χ4n) is 2.75. The van der Waals surface area contributed by atoms with Crippen molar-refractivity contribution in [3.8, 4) is 17.6 Å². The molecule has 0 aliphatic carbocycles. The Bertz CT molecular complexity index is 977. The van der Waals surface area contributed by atoms with Gasteiger partial charge in [0.05, 0.1) is 22.7 Å². The van der Waals surface area contributed by atoms with Gasteiger partial charge in [-0.05, 0) is 47.2 Å². The number of carboxylic acids is 1. The highest BCUT2D eigenvalue weighted by atomic mass is 127. The first-order valence-corrected chi connectivity index (χ1v) is 9.06. The second kappa shape index (κ2) is 7.83. The summed E-state index contributed by atoms with van der Waals surface area (Å²) in [5.74, 6) is 5.68. The number of nitrogens with zero attached hydrogens (tertiary/aromatic N) is 1. The first kappa shape index (κ1) is 18.3. The Morgan fingerprint density at radius 2 is 2.31 bits per heavy atom. The van der Waals surface area contributed by atoms with E-state index in [9.17, 15) is 9.59 Å². The van der Waals surface area contributed by atoms with Gasteiger partial charge >= 0.3 is 11.9 Å². The van der Waals surface area contributed by atoms with Crippen LogP contribution in [0, 0.1) is 15.4 Å². The average molecular weight is 465 g/mol. The van der Waals surface area contributed by atoms with Crippen molar-refractivity contribution in [1.82, 2.24) is 4.57 Å². The monoisotopic (exact) mass is 465 g/mol. The van der Waals surface area contributed by atoms with Gasteiger partial charge < -0.3 is 19.1 Å². The molecule has 0 amide bonds. The van der Waals surface area contributed by atoms with Crippen LogP contribution in [0.25, 0.3) is 10.9 Å². The van der Waals surface area contributed by atoms with Crippen molar-refractivity contribution in [2.45, 2.75) is 25.8 Å². The van der Waals surface area contributed by atoms with Crippen molar-refractivity contribution in [2.24, 2.45) is 0 Å². The van der Waals surface area contributed by atoms with Crippen LogP contribution in [0.15, 0.2) is 30.0 Å². The highest BCUT2D eigenvalue weighted by molar-refractivity contribution is 14.1. The van der Waals surface area contributed by atoms with Crippen LogP contribution in [0.1, 0.15) is 29.8 Å². The number of hydrogen-bond donors (Lipinski definition) is 1. The number of ether oxygens (including phenoxy) is 2. The molecule has 0 radical (unpaired) electrons. The summed E-state index contributed by atoms with van der Waals surface area (Å²) in [5.41, 5.74) is 1.46. The zero-order chi connectivity index (χ0) is 18.7. The van der Waals surface area contributed by atoms with Crippen LogP contribution in [0.3, 0.4) is 0 Å². The molecule has 2 heterocycles. The lowest BCUT2D eigenvalue weighted by molar-refractivity contribution is -0.137. The molecule has 1 aromatic heterocycles. The number of aromatic nitrogens is 1. The van der Waals surface area contributed by atoms with Gasteiger partial charge in [0.1, 0.15) is 17.2 Å². The van der Waals surface area contributed by atoms with E-state index in [1.54, 1.807) is 13.2 Å². The Balaban J connectivity index is 1.85. The van der Waals surface area contributed by atoms with E-state index in [0.29, 0.717) is 30.8 Å². The topological polar surface area (TPSA) is 77.8 Å². The van der Waals surface area contributed by atoms with Gasteiger partial charge in [0.2, 0.25) is 0 Å². The van der Waals surface area contributed by atoms with Crippen LogP contribution in [0.4, 0.5) is 0 Å². The Labute approximate surface area is 163 Å². The molecule has 0 fully saturated rings. The van der Waals surface area contributed by atoms with Gasteiger partial charge in [-0.3, -0.25) is 4.79 Å². The van der Waals surface area contributed by atoms with Gasteiger partial charge in [-0.1, -0.05) is 11.8 Å². The molecule has 0 saturated carbocycles. The van der Waals surface area contributed by atoms with Crippen LogP contribution in [-0.4, -0.2) is 28.7 Å². The Hall–Kier alpha value is -2.47. The number of hydrogen-bond acceptors (Lipinski definition) is 4. The predicted molar refractivity (Wildman–Crippen MR) is 104 cm³/mol. The second-order valence-corrected chi connectivity index (χ2v) is 6.78. The van der Waals surface area contributed by atoms with Crippen LogP contribution in [0.5, 0.6) is 5.75 Å². The zero-order valence-electron chi connectivity index (χ0n) is 14.0. The minimum atomic E-state index is -0.829. The number of benzene rings is 1. The standard InChI is InChI=1S/C19H16INO5/c1-25-12-8-9-15-14(10-12)17(20)18-19(24)26-13(11-21(15)18)6-4-2-3-5-7-16(22)23/h6,8-10H,3,5,7,11H2,1H3,(H,22,23)/b13-6+. The van der Waals surface area contributed by atoms with E-state index in [4.69, 9.17) is 14.6 Å². The summed E-state index contributed by atoms with van der Waals surface area (Å²) >= 11 is 2.15. The smallest absolute Gasteiger partial charge is 0.361 e. The van der Waals surface area contributed by atoms with Gasteiger partial charge in [-0.15, -0.1) is 0 Å². The third kappa shape index (κ3) is 3.70. The molecule has 1 aliphatic rings. The summed E-state index contributed by atoms with van der Waals surface area (Å²) in [4.78, 5) is 22.9. The van der Waals surface area contributed by atoms with E-state index in [-0.39, 0.29) is 6.42 Å². The number of esters is 1. The van der Waals surface area contributed by atoms with Crippen LogP contribution in [0.2, 0.25) is 0 Å². The number of carboxylic acid groups (broad SMARTS) is 1. The van der Waals surface area contributed by atoms with Gasteiger partial charge in [0.25, 0.3) is 0 Å². The molecule has 0 saturated heterocycles. The van der Waals surface area contributed by atoms with Crippen LogP contribution in [-0.2, 0) is 16.1 Å². The lowest BCUT2D eigenvalue weighted by Gasteiger charge is -2.18. The van der Waals surface area contributed by atoms with Gasteiger partial charge in [-0.25, -0.2) is 4.79 Å². The Morgan fingerprint density at radius 3 is 3.04 bits per heavy atom. The molecular formula is C19H16INO5. The number of unbranched alkanes of at least 4 members (excludes halogenated alkanes) is 1. The molecule has 1 aromatic carbocycles. The van der Waals surface area contributed by atoms with Gasteiger partial charge in [0, 0.05) is 24.3 Å². The van der Waals surface area contributed by atoms with E-state index in [0.717, 1.165) is 20.2 Å². The van der Waals surface area contributed by atoms with E-state index in [2.05, 4.69) is 34.4 Å². The fourth-order valence-corrected chi connectivity index (χ4v) is 3.69. The van der Waals surface area contributed by atoms with Crippen molar-refractivity contribution in [1.29, 1.82) is 0 Å². The van der Waals surface area contributed by atoms with E-state index in [1.807, 2.05) is 22.8 Å². The number of halogens is 1. The van der Waals surface area contributed by atoms with Crippen molar-refractivity contribution in [2.75, 3.05) is 7.11 Å². The molecule has 134 valence electrons. The summed E-state index contributed by atoms with van der Waals surface area (Å²) in [6, 6.07) is 5.69. The number of methoxy groups -OCH3 is 1. The highest BCUT2D eigenvalue weighted by Crippen LogP contribution is 2.34.